The van der Waals surface area contributed by atoms with Crippen molar-refractivity contribution in [1.82, 2.24) is 4.98 Å². The number of aromatic nitrogens is 1. The van der Waals surface area contributed by atoms with Gasteiger partial charge < -0.3 is 18.2 Å². The highest BCUT2D eigenvalue weighted by atomic mass is 16.4. The van der Waals surface area contributed by atoms with Crippen LogP contribution < -0.4 is 4.90 Å². The number of hydrogen-bond acceptors (Lipinski definition) is 5. The number of furan rings is 2. The highest BCUT2D eigenvalue weighted by Crippen LogP contribution is 2.43. The quantitative estimate of drug-likeness (QED) is 0.192. The molecule has 3 heterocycles. The Labute approximate surface area is 274 Å². The average molecular weight is 619 g/mol. The van der Waals surface area contributed by atoms with Gasteiger partial charge in [-0.1, -0.05) is 78.9 Å². The van der Waals surface area contributed by atoms with Gasteiger partial charge in [0, 0.05) is 50.2 Å². The summed E-state index contributed by atoms with van der Waals surface area (Å²) < 4.78 is 19.0. The summed E-state index contributed by atoms with van der Waals surface area (Å²) >= 11 is 0. The summed E-state index contributed by atoms with van der Waals surface area (Å²) in [5, 5.41) is 4.14. The van der Waals surface area contributed by atoms with Crippen molar-refractivity contribution >= 4 is 72.0 Å². The predicted molar refractivity (Wildman–Crippen MR) is 194 cm³/mol. The van der Waals surface area contributed by atoms with Crippen LogP contribution in [0.1, 0.15) is 0 Å². The first-order valence-electron chi connectivity index (χ1n) is 15.9. The molecule has 0 atom stereocenters. The maximum atomic E-state index is 6.40. The van der Waals surface area contributed by atoms with Crippen LogP contribution in [-0.2, 0) is 0 Å². The van der Waals surface area contributed by atoms with Crippen LogP contribution in [0.2, 0.25) is 0 Å². The monoisotopic (exact) mass is 618 g/mol. The second-order valence-electron chi connectivity index (χ2n) is 12.0. The Morgan fingerprint density at radius 1 is 0.396 bits per heavy atom. The van der Waals surface area contributed by atoms with Crippen LogP contribution in [0, 0.1) is 0 Å². The van der Waals surface area contributed by atoms with Crippen molar-refractivity contribution in [3.05, 3.63) is 158 Å². The summed E-state index contributed by atoms with van der Waals surface area (Å²) in [4.78, 5) is 7.11. The molecular weight excluding hydrogens is 592 g/mol. The zero-order valence-corrected chi connectivity index (χ0v) is 25.6. The number of para-hydroxylation sites is 3. The van der Waals surface area contributed by atoms with Crippen LogP contribution in [0.4, 0.5) is 17.1 Å². The molecule has 0 fully saturated rings. The van der Waals surface area contributed by atoms with Crippen molar-refractivity contribution < 1.29 is 13.3 Å². The number of anilines is 3. The van der Waals surface area contributed by atoms with Gasteiger partial charge in [0.05, 0.1) is 0 Å². The Hall–Kier alpha value is -6.59. The Morgan fingerprint density at radius 3 is 1.98 bits per heavy atom. The van der Waals surface area contributed by atoms with Crippen LogP contribution >= 0.6 is 0 Å². The van der Waals surface area contributed by atoms with E-state index in [0.717, 1.165) is 88.7 Å². The number of nitrogens with zero attached hydrogens (tertiary/aromatic N) is 2. The van der Waals surface area contributed by atoms with Crippen molar-refractivity contribution in [3.8, 4) is 22.6 Å². The van der Waals surface area contributed by atoms with Crippen molar-refractivity contribution in [2.45, 2.75) is 0 Å². The highest BCUT2D eigenvalue weighted by molar-refractivity contribution is 6.13. The minimum atomic E-state index is 0.567. The van der Waals surface area contributed by atoms with E-state index < -0.39 is 0 Å². The zero-order valence-electron chi connectivity index (χ0n) is 25.6. The third kappa shape index (κ3) is 4.22. The minimum Gasteiger partial charge on any atom is -0.456 e. The lowest BCUT2D eigenvalue weighted by molar-refractivity contribution is 0.620. The molecule has 0 saturated carbocycles. The fourth-order valence-electron chi connectivity index (χ4n) is 6.88. The fraction of sp³-hybridized carbons (Fsp3) is 0. The molecule has 48 heavy (non-hydrogen) atoms. The summed E-state index contributed by atoms with van der Waals surface area (Å²) in [6.45, 7) is 0. The maximum Gasteiger partial charge on any atom is 0.228 e. The molecule has 0 amide bonds. The van der Waals surface area contributed by atoms with Crippen molar-refractivity contribution in [3.63, 3.8) is 0 Å². The van der Waals surface area contributed by atoms with Gasteiger partial charge in [0.15, 0.2) is 5.58 Å². The van der Waals surface area contributed by atoms with E-state index in [1.807, 2.05) is 72.8 Å². The van der Waals surface area contributed by atoms with E-state index in [9.17, 15) is 0 Å². The second kappa shape index (κ2) is 10.5. The highest BCUT2D eigenvalue weighted by Gasteiger charge is 2.21. The molecule has 0 unspecified atom stereocenters. The molecule has 0 aliphatic rings. The van der Waals surface area contributed by atoms with E-state index in [1.54, 1.807) is 0 Å². The van der Waals surface area contributed by atoms with Crippen LogP contribution in [0.15, 0.2) is 171 Å². The van der Waals surface area contributed by atoms with Gasteiger partial charge in [0.25, 0.3) is 0 Å². The Bertz CT molecular complexity index is 2770. The number of rotatable bonds is 5. The molecule has 0 aliphatic heterocycles. The van der Waals surface area contributed by atoms with E-state index in [0.29, 0.717) is 5.89 Å². The molecule has 0 spiro atoms. The van der Waals surface area contributed by atoms with Gasteiger partial charge in [-0.3, -0.25) is 0 Å². The lowest BCUT2D eigenvalue weighted by Crippen LogP contribution is -2.10. The molecule has 0 radical (unpaired) electrons. The van der Waals surface area contributed by atoms with Crippen molar-refractivity contribution in [2.75, 3.05) is 4.90 Å². The summed E-state index contributed by atoms with van der Waals surface area (Å²) in [5.74, 6) is 0.567. The van der Waals surface area contributed by atoms with Crippen molar-refractivity contribution in [1.29, 1.82) is 0 Å². The third-order valence-electron chi connectivity index (χ3n) is 9.09. The largest absolute Gasteiger partial charge is 0.456 e. The summed E-state index contributed by atoms with van der Waals surface area (Å²) in [6.07, 6.45) is 0. The van der Waals surface area contributed by atoms with Gasteiger partial charge in [0.1, 0.15) is 27.8 Å². The SMILES string of the molecule is c1ccc(-c2cccc(N(c3ccc4c(c3)oc3ccccc34)c3ccc4oc5cccc(-c6nc7ccccc7o6)c5c4c3)c2)cc1. The predicted octanol–water partition coefficient (Wildman–Crippen LogP) is 12.4. The molecule has 10 aromatic rings. The molecule has 7 aromatic carbocycles. The van der Waals surface area contributed by atoms with Gasteiger partial charge in [0.2, 0.25) is 5.89 Å². The lowest BCUT2D eigenvalue weighted by Gasteiger charge is -2.26. The van der Waals surface area contributed by atoms with Gasteiger partial charge >= 0.3 is 0 Å². The topological polar surface area (TPSA) is 55.6 Å². The van der Waals surface area contributed by atoms with Gasteiger partial charge in [-0.2, -0.15) is 0 Å². The fourth-order valence-corrected chi connectivity index (χ4v) is 6.88. The molecule has 0 N–H and O–H groups in total. The molecule has 5 nitrogen and oxygen atoms in total. The van der Waals surface area contributed by atoms with E-state index in [2.05, 4.69) is 89.8 Å². The molecule has 226 valence electrons. The number of fused-ring (bicyclic) bond motifs is 7. The van der Waals surface area contributed by atoms with E-state index >= 15 is 0 Å². The average Bonchev–Trinajstić information content (AvgIpc) is 3.85. The smallest absolute Gasteiger partial charge is 0.228 e. The Balaban J connectivity index is 1.20. The number of oxazole rings is 1. The molecule has 3 aromatic heterocycles. The van der Waals surface area contributed by atoms with Crippen LogP contribution in [0.25, 0.3) is 77.6 Å². The van der Waals surface area contributed by atoms with E-state index in [1.165, 1.54) is 0 Å². The normalized spacial score (nSPS) is 11.8. The Kier molecular flexibility index (Phi) is 5.81. The van der Waals surface area contributed by atoms with Gasteiger partial charge in [-0.05, 0) is 83.9 Å². The summed E-state index contributed by atoms with van der Waals surface area (Å²) in [5.41, 5.74) is 11.0. The first-order valence-corrected chi connectivity index (χ1v) is 15.9. The maximum absolute atomic E-state index is 6.40. The number of benzene rings is 7. The Morgan fingerprint density at radius 2 is 1.06 bits per heavy atom. The number of hydrogen-bond donors (Lipinski definition) is 0. The lowest BCUT2D eigenvalue weighted by atomic mass is 10.0. The third-order valence-corrected chi connectivity index (χ3v) is 9.09. The van der Waals surface area contributed by atoms with E-state index in [4.69, 9.17) is 18.2 Å². The van der Waals surface area contributed by atoms with Gasteiger partial charge in [-0.15, -0.1) is 0 Å². The standard InChI is InChI=1S/C43H26N2O3/c1-2-10-27(11-3-1)28-12-8-13-29(24-28)45(31-20-22-33-32-14-4-6-17-37(32)47-41(33)26-31)30-21-23-38-35(25-30)42-34(15-9-19-40(42)46-38)43-44-36-16-5-7-18-39(36)48-43/h1-26H. The van der Waals surface area contributed by atoms with Crippen LogP contribution in [0.5, 0.6) is 0 Å². The van der Waals surface area contributed by atoms with E-state index in [-0.39, 0.29) is 0 Å². The molecule has 5 heteroatoms. The zero-order chi connectivity index (χ0) is 31.6. The molecule has 0 saturated heterocycles. The van der Waals surface area contributed by atoms with Gasteiger partial charge in [-0.25, -0.2) is 4.98 Å². The van der Waals surface area contributed by atoms with Crippen molar-refractivity contribution in [2.24, 2.45) is 0 Å². The first-order chi connectivity index (χ1) is 23.8. The minimum absolute atomic E-state index is 0.567. The van der Waals surface area contributed by atoms with Crippen LogP contribution in [0.3, 0.4) is 0 Å². The van der Waals surface area contributed by atoms with Crippen LogP contribution in [-0.4, -0.2) is 4.98 Å². The molecular formula is C43H26N2O3. The molecule has 10 rings (SSSR count). The second-order valence-corrected chi connectivity index (χ2v) is 12.0. The molecule has 0 bridgehead atoms. The summed E-state index contributed by atoms with van der Waals surface area (Å²) in [6, 6.07) is 54.0. The molecule has 0 aliphatic carbocycles. The summed E-state index contributed by atoms with van der Waals surface area (Å²) in [7, 11) is 0. The first kappa shape index (κ1) is 26.6.